The molecule has 0 radical (unpaired) electrons. The number of nitrogens with zero attached hydrogens (tertiary/aromatic N) is 1. The maximum absolute atomic E-state index is 12.8. The van der Waals surface area contributed by atoms with Gasteiger partial charge in [0.1, 0.15) is 0 Å². The standard InChI is InChI=1S/C19H28ClN3O4S/c1-21-28(25,26)15-5-6-17(20)16(13-15)18(24)22-14-19(7-3-2-4-8-19)23-9-11-27-12-10-23/h5-6,13,21H,2-4,7-12,14H2,1H3,(H,22,24). The summed E-state index contributed by atoms with van der Waals surface area (Å²) in [6, 6.07) is 4.16. The minimum Gasteiger partial charge on any atom is -0.379 e. The van der Waals surface area contributed by atoms with E-state index in [2.05, 4.69) is 14.9 Å². The van der Waals surface area contributed by atoms with Crippen LogP contribution in [0.4, 0.5) is 0 Å². The first kappa shape index (κ1) is 21.5. The lowest BCUT2D eigenvalue weighted by Gasteiger charge is -2.48. The molecule has 156 valence electrons. The van der Waals surface area contributed by atoms with Gasteiger partial charge in [-0.15, -0.1) is 0 Å². The van der Waals surface area contributed by atoms with Gasteiger partial charge in [-0.1, -0.05) is 30.9 Å². The van der Waals surface area contributed by atoms with E-state index >= 15 is 0 Å². The fourth-order valence-electron chi connectivity index (χ4n) is 4.16. The highest BCUT2D eigenvalue weighted by atomic mass is 35.5. The van der Waals surface area contributed by atoms with E-state index in [1.165, 1.54) is 31.7 Å². The molecule has 2 fully saturated rings. The van der Waals surface area contributed by atoms with E-state index in [1.807, 2.05) is 0 Å². The first-order chi connectivity index (χ1) is 13.4. The first-order valence-corrected chi connectivity index (χ1v) is 11.6. The third kappa shape index (κ3) is 4.68. The molecule has 2 aliphatic rings. The number of rotatable bonds is 6. The number of halogens is 1. The van der Waals surface area contributed by atoms with Crippen molar-refractivity contribution in [1.82, 2.24) is 14.9 Å². The van der Waals surface area contributed by atoms with Crippen LogP contribution in [0, 0.1) is 0 Å². The molecule has 0 bridgehead atoms. The second-order valence-electron chi connectivity index (χ2n) is 7.42. The summed E-state index contributed by atoms with van der Waals surface area (Å²) in [5.74, 6) is -0.351. The molecule has 1 aliphatic carbocycles. The Labute approximate surface area is 171 Å². The maximum Gasteiger partial charge on any atom is 0.252 e. The van der Waals surface area contributed by atoms with E-state index in [1.54, 1.807) is 0 Å². The minimum atomic E-state index is -3.65. The second kappa shape index (κ2) is 9.09. The number of amides is 1. The highest BCUT2D eigenvalue weighted by Gasteiger charge is 2.39. The topological polar surface area (TPSA) is 87.7 Å². The molecule has 0 atom stereocenters. The van der Waals surface area contributed by atoms with Gasteiger partial charge in [0.15, 0.2) is 0 Å². The molecule has 1 aromatic rings. The molecule has 7 nitrogen and oxygen atoms in total. The fourth-order valence-corrected chi connectivity index (χ4v) is 5.12. The van der Waals surface area contributed by atoms with Gasteiger partial charge in [0.2, 0.25) is 10.0 Å². The van der Waals surface area contributed by atoms with Crippen molar-refractivity contribution < 1.29 is 17.9 Å². The van der Waals surface area contributed by atoms with Crippen LogP contribution in [-0.4, -0.2) is 64.7 Å². The van der Waals surface area contributed by atoms with Gasteiger partial charge in [0.05, 0.1) is 28.7 Å². The molecule has 2 N–H and O–H groups in total. The van der Waals surface area contributed by atoms with Gasteiger partial charge < -0.3 is 10.1 Å². The van der Waals surface area contributed by atoms with Crippen LogP contribution < -0.4 is 10.0 Å². The Morgan fingerprint density at radius 3 is 2.54 bits per heavy atom. The van der Waals surface area contributed by atoms with Crippen LogP contribution in [0.25, 0.3) is 0 Å². The number of morpholine rings is 1. The van der Waals surface area contributed by atoms with Crippen molar-refractivity contribution in [1.29, 1.82) is 0 Å². The molecule has 0 unspecified atom stereocenters. The van der Waals surface area contributed by atoms with Crippen molar-refractivity contribution >= 4 is 27.5 Å². The number of hydrogen-bond acceptors (Lipinski definition) is 5. The number of carbonyl (C=O) groups excluding carboxylic acids is 1. The van der Waals surface area contributed by atoms with Crippen LogP contribution >= 0.6 is 11.6 Å². The predicted octanol–water partition coefficient (Wildman–Crippen LogP) is 2.01. The van der Waals surface area contributed by atoms with Crippen LogP contribution in [0.5, 0.6) is 0 Å². The molecule has 28 heavy (non-hydrogen) atoms. The third-order valence-electron chi connectivity index (χ3n) is 5.81. The minimum absolute atomic E-state index is 0.0186. The average Bonchev–Trinajstić information content (AvgIpc) is 2.73. The molecular formula is C19H28ClN3O4S. The summed E-state index contributed by atoms with van der Waals surface area (Å²) in [6.07, 6.45) is 5.58. The van der Waals surface area contributed by atoms with Crippen LogP contribution in [-0.2, 0) is 14.8 Å². The zero-order valence-corrected chi connectivity index (χ0v) is 17.7. The van der Waals surface area contributed by atoms with Crippen molar-refractivity contribution in [2.45, 2.75) is 42.5 Å². The molecule has 9 heteroatoms. The number of nitrogens with one attached hydrogen (secondary N) is 2. The van der Waals surface area contributed by atoms with Crippen molar-refractivity contribution in [3.8, 4) is 0 Å². The van der Waals surface area contributed by atoms with Crippen LogP contribution in [0.1, 0.15) is 42.5 Å². The third-order valence-corrected chi connectivity index (χ3v) is 7.55. The summed E-state index contributed by atoms with van der Waals surface area (Å²) >= 11 is 6.19. The van der Waals surface area contributed by atoms with E-state index in [0.29, 0.717) is 19.8 Å². The van der Waals surface area contributed by atoms with E-state index in [9.17, 15) is 13.2 Å². The Morgan fingerprint density at radius 1 is 1.21 bits per heavy atom. The van der Waals surface area contributed by atoms with Gasteiger partial charge in [-0.2, -0.15) is 0 Å². The zero-order valence-electron chi connectivity index (χ0n) is 16.2. The summed E-state index contributed by atoms with van der Waals surface area (Å²) in [5.41, 5.74) is 0.102. The van der Waals surface area contributed by atoms with E-state index < -0.39 is 10.0 Å². The number of sulfonamides is 1. The van der Waals surface area contributed by atoms with Gasteiger partial charge in [-0.05, 0) is 38.1 Å². The molecule has 1 amide bonds. The molecule has 3 rings (SSSR count). The molecular weight excluding hydrogens is 402 g/mol. The highest BCUT2D eigenvalue weighted by molar-refractivity contribution is 7.89. The van der Waals surface area contributed by atoms with Gasteiger partial charge >= 0.3 is 0 Å². The quantitative estimate of drug-likeness (QED) is 0.722. The maximum atomic E-state index is 12.8. The lowest BCUT2D eigenvalue weighted by atomic mass is 9.79. The average molecular weight is 430 g/mol. The monoisotopic (exact) mass is 429 g/mol. The first-order valence-electron chi connectivity index (χ1n) is 9.72. The second-order valence-corrected chi connectivity index (χ2v) is 9.71. The predicted molar refractivity (Wildman–Crippen MR) is 108 cm³/mol. The largest absolute Gasteiger partial charge is 0.379 e. The number of hydrogen-bond donors (Lipinski definition) is 2. The lowest BCUT2D eigenvalue weighted by molar-refractivity contribution is -0.0361. The van der Waals surface area contributed by atoms with Gasteiger partial charge in [0.25, 0.3) is 5.91 Å². The van der Waals surface area contributed by atoms with E-state index in [4.69, 9.17) is 16.3 Å². The van der Waals surface area contributed by atoms with Crippen molar-refractivity contribution in [2.24, 2.45) is 0 Å². The van der Waals surface area contributed by atoms with Gasteiger partial charge in [-0.3, -0.25) is 9.69 Å². The Hall–Kier alpha value is -1.19. The number of ether oxygens (including phenoxy) is 1. The summed E-state index contributed by atoms with van der Waals surface area (Å²) in [7, 11) is -2.31. The number of benzene rings is 1. The molecule has 1 heterocycles. The Kier molecular flexibility index (Phi) is 6.98. The van der Waals surface area contributed by atoms with Crippen LogP contribution in [0.2, 0.25) is 5.02 Å². The summed E-state index contributed by atoms with van der Waals surface area (Å²) in [6.45, 7) is 3.68. The van der Waals surface area contributed by atoms with E-state index in [-0.39, 0.29) is 26.9 Å². The summed E-state index contributed by atoms with van der Waals surface area (Å²) in [5, 5.41) is 3.26. The highest BCUT2D eigenvalue weighted by Crippen LogP contribution is 2.34. The molecule has 1 saturated heterocycles. The lowest BCUT2D eigenvalue weighted by Crippen LogP contribution is -2.59. The Bertz CT molecular complexity index is 803. The van der Waals surface area contributed by atoms with Crippen LogP contribution in [0.15, 0.2) is 23.1 Å². The molecule has 0 spiro atoms. The van der Waals surface area contributed by atoms with Gasteiger partial charge in [-0.25, -0.2) is 13.1 Å². The summed E-state index contributed by atoms with van der Waals surface area (Å²) in [4.78, 5) is 15.3. The molecule has 1 aromatic carbocycles. The summed E-state index contributed by atoms with van der Waals surface area (Å²) < 4.78 is 31.8. The van der Waals surface area contributed by atoms with Gasteiger partial charge in [0, 0.05) is 25.2 Å². The van der Waals surface area contributed by atoms with E-state index in [0.717, 1.165) is 38.8 Å². The zero-order chi connectivity index (χ0) is 20.2. The fraction of sp³-hybridized carbons (Fsp3) is 0.632. The van der Waals surface area contributed by atoms with Crippen molar-refractivity contribution in [3.05, 3.63) is 28.8 Å². The smallest absolute Gasteiger partial charge is 0.252 e. The number of carbonyl (C=O) groups is 1. The molecule has 1 aliphatic heterocycles. The van der Waals surface area contributed by atoms with Crippen molar-refractivity contribution in [2.75, 3.05) is 39.9 Å². The SMILES string of the molecule is CNS(=O)(=O)c1ccc(Cl)c(C(=O)NCC2(N3CCOCC3)CCCCC2)c1. The van der Waals surface area contributed by atoms with Crippen LogP contribution in [0.3, 0.4) is 0 Å². The normalized spacial score (nSPS) is 20.6. The molecule has 0 aromatic heterocycles. The Balaban J connectivity index is 1.77. The molecule has 1 saturated carbocycles. The Morgan fingerprint density at radius 2 is 1.89 bits per heavy atom. The van der Waals surface area contributed by atoms with Crippen molar-refractivity contribution in [3.63, 3.8) is 0 Å².